The number of thioether (sulfide) groups is 1. The molecule has 0 amide bonds. The summed E-state index contributed by atoms with van der Waals surface area (Å²) in [4.78, 5) is 23.4. The first-order chi connectivity index (χ1) is 13.0. The van der Waals surface area contributed by atoms with E-state index in [9.17, 15) is 14.9 Å². The molecule has 1 N–H and O–H groups in total. The number of benzene rings is 2. The summed E-state index contributed by atoms with van der Waals surface area (Å²) in [5.41, 5.74) is 2.64. The Morgan fingerprint density at radius 1 is 1.19 bits per heavy atom. The zero-order valence-corrected chi connectivity index (χ0v) is 15.8. The van der Waals surface area contributed by atoms with Gasteiger partial charge in [-0.1, -0.05) is 60.2 Å². The Bertz CT molecular complexity index is 859. The topological polar surface area (TPSA) is 80.4 Å². The zero-order valence-electron chi connectivity index (χ0n) is 15.0. The Balaban J connectivity index is 2.32. The van der Waals surface area contributed by atoms with Gasteiger partial charge in [-0.3, -0.25) is 14.9 Å². The van der Waals surface area contributed by atoms with Gasteiger partial charge in [-0.15, -0.1) is 0 Å². The number of carbonyl (C=O) groups is 1. The van der Waals surface area contributed by atoms with Crippen molar-refractivity contribution in [2.75, 3.05) is 18.1 Å². The van der Waals surface area contributed by atoms with E-state index in [1.807, 2.05) is 43.3 Å². The van der Waals surface area contributed by atoms with Crippen molar-refractivity contribution < 1.29 is 14.8 Å². The van der Waals surface area contributed by atoms with E-state index >= 15 is 0 Å². The number of non-ortho nitro benzene ring substituents is 1. The molecule has 0 bridgehead atoms. The van der Waals surface area contributed by atoms with Crippen LogP contribution in [0.4, 0.5) is 5.69 Å². The summed E-state index contributed by atoms with van der Waals surface area (Å²) in [5.74, 6) is 0.688. The van der Waals surface area contributed by atoms with Crippen molar-refractivity contribution in [3.8, 4) is 0 Å². The zero-order chi connectivity index (χ0) is 19.6. The van der Waals surface area contributed by atoms with E-state index in [1.165, 1.54) is 30.0 Å². The summed E-state index contributed by atoms with van der Waals surface area (Å²) in [6.45, 7) is 1.94. The molecular formula is C21H21NO4S. The molecule has 27 heavy (non-hydrogen) atoms. The minimum absolute atomic E-state index is 0.0295. The second kappa shape index (κ2) is 10.4. The Kier molecular flexibility index (Phi) is 7.98. The molecule has 0 atom stereocenters. The van der Waals surface area contributed by atoms with Crippen LogP contribution in [0.5, 0.6) is 0 Å². The molecule has 0 aliphatic heterocycles. The number of allylic oxidation sites excluding steroid dienone is 2. The van der Waals surface area contributed by atoms with Crippen LogP contribution < -0.4 is 0 Å². The van der Waals surface area contributed by atoms with Gasteiger partial charge < -0.3 is 5.11 Å². The lowest BCUT2D eigenvalue weighted by Crippen LogP contribution is -2.07. The Labute approximate surface area is 162 Å². The lowest BCUT2D eigenvalue weighted by atomic mass is 10.0. The standard InChI is InChI=1S/C21H21NO4S/c1-16(12-17-6-3-2-4-7-17)13-19(15-27-11-10-23)21(24)18-8-5-9-20(14-18)22(25)26/h2-9,12-14,23H,10-11,15H2,1H3/b16-12+,19-13+. The molecule has 0 saturated heterocycles. The van der Waals surface area contributed by atoms with Gasteiger partial charge in [0, 0.05) is 34.8 Å². The molecule has 0 aliphatic rings. The summed E-state index contributed by atoms with van der Waals surface area (Å²) in [6, 6.07) is 15.5. The van der Waals surface area contributed by atoms with Crippen LogP contribution in [0.3, 0.4) is 0 Å². The van der Waals surface area contributed by atoms with Crippen molar-refractivity contribution in [1.29, 1.82) is 0 Å². The van der Waals surface area contributed by atoms with Crippen molar-refractivity contribution >= 4 is 29.3 Å². The Morgan fingerprint density at radius 3 is 2.59 bits per heavy atom. The van der Waals surface area contributed by atoms with E-state index in [-0.39, 0.29) is 23.6 Å². The molecule has 0 spiro atoms. The number of Topliss-reactive ketones (excluding diaryl/α,β-unsaturated/α-hetero) is 1. The Hall–Kier alpha value is -2.70. The first kappa shape index (κ1) is 20.6. The van der Waals surface area contributed by atoms with Gasteiger partial charge >= 0.3 is 0 Å². The van der Waals surface area contributed by atoms with E-state index in [1.54, 1.807) is 12.1 Å². The number of aliphatic hydroxyl groups excluding tert-OH is 1. The fourth-order valence-corrected chi connectivity index (χ4v) is 3.20. The summed E-state index contributed by atoms with van der Waals surface area (Å²) in [7, 11) is 0. The molecule has 0 saturated carbocycles. The summed E-state index contributed by atoms with van der Waals surface area (Å²) >= 11 is 1.44. The average molecular weight is 383 g/mol. The maximum atomic E-state index is 12.9. The average Bonchev–Trinajstić information content (AvgIpc) is 2.67. The third-order valence-electron chi connectivity index (χ3n) is 3.70. The number of carbonyl (C=O) groups excluding carboxylic acids is 1. The molecule has 2 rings (SSSR count). The van der Waals surface area contributed by atoms with Crippen molar-refractivity contribution in [3.05, 3.63) is 93.1 Å². The highest BCUT2D eigenvalue weighted by Crippen LogP contribution is 2.20. The van der Waals surface area contributed by atoms with Crippen LogP contribution >= 0.6 is 11.8 Å². The van der Waals surface area contributed by atoms with E-state index in [0.717, 1.165) is 11.1 Å². The third-order valence-corrected chi connectivity index (χ3v) is 4.69. The van der Waals surface area contributed by atoms with E-state index in [0.29, 0.717) is 17.1 Å². The van der Waals surface area contributed by atoms with Gasteiger partial charge in [0.25, 0.3) is 5.69 Å². The molecule has 0 fully saturated rings. The van der Waals surface area contributed by atoms with Crippen LogP contribution in [-0.4, -0.2) is 33.9 Å². The number of ketones is 1. The number of nitro benzene ring substituents is 1. The maximum absolute atomic E-state index is 12.9. The highest BCUT2D eigenvalue weighted by atomic mass is 32.2. The van der Waals surface area contributed by atoms with Gasteiger partial charge in [0.1, 0.15) is 0 Å². The largest absolute Gasteiger partial charge is 0.396 e. The van der Waals surface area contributed by atoms with Crippen molar-refractivity contribution in [3.63, 3.8) is 0 Å². The van der Waals surface area contributed by atoms with Gasteiger partial charge in [-0.2, -0.15) is 11.8 Å². The maximum Gasteiger partial charge on any atom is 0.270 e. The molecule has 0 aliphatic carbocycles. The summed E-state index contributed by atoms with van der Waals surface area (Å²) < 4.78 is 0. The summed E-state index contributed by atoms with van der Waals surface area (Å²) in [6.07, 6.45) is 3.77. The number of hydrogen-bond donors (Lipinski definition) is 1. The quantitative estimate of drug-likeness (QED) is 0.172. The number of rotatable bonds is 9. The van der Waals surface area contributed by atoms with Gasteiger partial charge in [-0.25, -0.2) is 0 Å². The highest BCUT2D eigenvalue weighted by Gasteiger charge is 2.16. The lowest BCUT2D eigenvalue weighted by Gasteiger charge is -2.08. The first-order valence-electron chi connectivity index (χ1n) is 8.43. The minimum Gasteiger partial charge on any atom is -0.396 e. The number of aliphatic hydroxyl groups is 1. The molecule has 0 aromatic heterocycles. The number of hydrogen-bond acceptors (Lipinski definition) is 5. The molecular weight excluding hydrogens is 362 g/mol. The predicted molar refractivity (Wildman–Crippen MR) is 110 cm³/mol. The van der Waals surface area contributed by atoms with Crippen LogP contribution in [0.2, 0.25) is 0 Å². The van der Waals surface area contributed by atoms with Gasteiger partial charge in [-0.05, 0) is 12.5 Å². The molecule has 0 heterocycles. The second-order valence-electron chi connectivity index (χ2n) is 5.88. The molecule has 0 unspecified atom stereocenters. The molecule has 0 radical (unpaired) electrons. The van der Waals surface area contributed by atoms with E-state index < -0.39 is 4.92 Å². The van der Waals surface area contributed by atoms with Gasteiger partial charge in [0.15, 0.2) is 5.78 Å². The molecule has 2 aromatic rings. The SMILES string of the molecule is CC(/C=C(\CSCCO)C(=O)c1cccc([N+](=O)[O-])c1)=C\c1ccccc1. The van der Waals surface area contributed by atoms with Gasteiger partial charge in [0.2, 0.25) is 0 Å². The van der Waals surface area contributed by atoms with Crippen molar-refractivity contribution in [2.24, 2.45) is 0 Å². The second-order valence-corrected chi connectivity index (χ2v) is 6.99. The predicted octanol–water partition coefficient (Wildman–Crippen LogP) is 4.53. The number of nitrogens with zero attached hydrogens (tertiary/aromatic N) is 1. The molecule has 5 nitrogen and oxygen atoms in total. The van der Waals surface area contributed by atoms with Crippen LogP contribution in [0.1, 0.15) is 22.8 Å². The van der Waals surface area contributed by atoms with Crippen molar-refractivity contribution in [1.82, 2.24) is 0 Å². The molecule has 2 aromatic carbocycles. The van der Waals surface area contributed by atoms with Crippen molar-refractivity contribution in [2.45, 2.75) is 6.92 Å². The first-order valence-corrected chi connectivity index (χ1v) is 9.58. The van der Waals surface area contributed by atoms with Crippen LogP contribution in [0.25, 0.3) is 6.08 Å². The molecule has 6 heteroatoms. The van der Waals surface area contributed by atoms with Gasteiger partial charge in [0.05, 0.1) is 11.5 Å². The smallest absolute Gasteiger partial charge is 0.270 e. The van der Waals surface area contributed by atoms with Crippen LogP contribution in [0, 0.1) is 10.1 Å². The molecule has 140 valence electrons. The van der Waals surface area contributed by atoms with Crippen LogP contribution in [0.15, 0.2) is 71.8 Å². The summed E-state index contributed by atoms with van der Waals surface area (Å²) in [5, 5.41) is 20.0. The lowest BCUT2D eigenvalue weighted by molar-refractivity contribution is -0.384. The monoisotopic (exact) mass is 383 g/mol. The highest BCUT2D eigenvalue weighted by molar-refractivity contribution is 7.99. The van der Waals surface area contributed by atoms with E-state index in [2.05, 4.69) is 0 Å². The Morgan fingerprint density at radius 2 is 1.93 bits per heavy atom. The fourth-order valence-electron chi connectivity index (χ4n) is 2.49. The fraction of sp³-hybridized carbons (Fsp3) is 0.190. The minimum atomic E-state index is -0.513. The van der Waals surface area contributed by atoms with E-state index in [4.69, 9.17) is 5.11 Å². The third kappa shape index (κ3) is 6.51. The normalized spacial score (nSPS) is 12.1. The van der Waals surface area contributed by atoms with Crippen LogP contribution in [-0.2, 0) is 0 Å². The number of nitro groups is 1.